The van der Waals surface area contributed by atoms with Crippen LogP contribution in [0, 0.1) is 0 Å². The van der Waals surface area contributed by atoms with Crippen molar-refractivity contribution in [2.45, 2.75) is 6.10 Å². The van der Waals surface area contributed by atoms with Crippen LogP contribution in [0.3, 0.4) is 0 Å². The first-order valence-corrected chi connectivity index (χ1v) is 7.75. The fraction of sp³-hybridized carbons (Fsp3) is 0.105. The van der Waals surface area contributed by atoms with E-state index in [-0.39, 0.29) is 0 Å². The van der Waals surface area contributed by atoms with Gasteiger partial charge in [-0.15, -0.1) is 0 Å². The Balaban J connectivity index is 1.84. The number of aromatic nitrogens is 1. The third kappa shape index (κ3) is 3.92. The standard InChI is InChI=1S/C19H17N3O3/c1-20-19(24)25-17(13-5-3-2-4-6-13)18(23)22-16-8-7-15-12-21-10-9-14(15)11-16/h2-12,17H,1H3,(H,20,24)(H,22,23). The van der Waals surface area contributed by atoms with Gasteiger partial charge in [0.15, 0.2) is 0 Å². The first kappa shape index (κ1) is 16.4. The van der Waals surface area contributed by atoms with Crippen LogP contribution in [0.25, 0.3) is 10.8 Å². The number of nitrogens with one attached hydrogen (secondary N) is 2. The quantitative estimate of drug-likeness (QED) is 0.767. The summed E-state index contributed by atoms with van der Waals surface area (Å²) >= 11 is 0. The van der Waals surface area contributed by atoms with Crippen LogP contribution in [0.1, 0.15) is 11.7 Å². The van der Waals surface area contributed by atoms with Crippen molar-refractivity contribution in [3.63, 3.8) is 0 Å². The SMILES string of the molecule is CNC(=O)OC(C(=O)Nc1ccc2cnccc2c1)c1ccccc1. The monoisotopic (exact) mass is 335 g/mol. The van der Waals surface area contributed by atoms with E-state index in [2.05, 4.69) is 15.6 Å². The number of hydrogen-bond acceptors (Lipinski definition) is 4. The van der Waals surface area contributed by atoms with E-state index < -0.39 is 18.1 Å². The molecule has 25 heavy (non-hydrogen) atoms. The third-order valence-electron chi connectivity index (χ3n) is 3.68. The number of carbonyl (C=O) groups excluding carboxylic acids is 2. The van der Waals surface area contributed by atoms with E-state index in [9.17, 15) is 9.59 Å². The Labute approximate surface area is 144 Å². The second kappa shape index (κ2) is 7.44. The van der Waals surface area contributed by atoms with E-state index in [1.165, 1.54) is 7.05 Å². The largest absolute Gasteiger partial charge is 0.431 e. The van der Waals surface area contributed by atoms with Gasteiger partial charge < -0.3 is 15.4 Å². The summed E-state index contributed by atoms with van der Waals surface area (Å²) in [6.45, 7) is 0. The molecule has 0 aliphatic rings. The minimum atomic E-state index is -1.05. The van der Waals surface area contributed by atoms with E-state index in [4.69, 9.17) is 4.74 Å². The predicted molar refractivity (Wildman–Crippen MR) is 95.1 cm³/mol. The third-order valence-corrected chi connectivity index (χ3v) is 3.68. The molecule has 0 aliphatic heterocycles. The fourth-order valence-corrected chi connectivity index (χ4v) is 2.44. The number of pyridine rings is 1. The van der Waals surface area contributed by atoms with Crippen molar-refractivity contribution in [1.82, 2.24) is 10.3 Å². The average Bonchev–Trinajstić information content (AvgIpc) is 2.66. The van der Waals surface area contributed by atoms with Gasteiger partial charge in [0.25, 0.3) is 5.91 Å². The van der Waals surface area contributed by atoms with Crippen LogP contribution in [0.15, 0.2) is 67.0 Å². The summed E-state index contributed by atoms with van der Waals surface area (Å²) in [5.41, 5.74) is 1.21. The molecule has 1 aromatic heterocycles. The van der Waals surface area contributed by atoms with Gasteiger partial charge in [-0.1, -0.05) is 36.4 Å². The number of carbonyl (C=O) groups is 2. The van der Waals surface area contributed by atoms with E-state index >= 15 is 0 Å². The molecule has 0 radical (unpaired) electrons. The fourth-order valence-electron chi connectivity index (χ4n) is 2.44. The molecule has 2 amide bonds. The number of amides is 2. The van der Waals surface area contributed by atoms with Gasteiger partial charge in [-0.05, 0) is 23.6 Å². The minimum Gasteiger partial charge on any atom is -0.431 e. The molecule has 1 heterocycles. The van der Waals surface area contributed by atoms with E-state index in [1.54, 1.807) is 42.7 Å². The number of rotatable bonds is 4. The lowest BCUT2D eigenvalue weighted by molar-refractivity contribution is -0.124. The Morgan fingerprint density at radius 2 is 1.84 bits per heavy atom. The van der Waals surface area contributed by atoms with E-state index in [1.807, 2.05) is 24.3 Å². The molecule has 2 N–H and O–H groups in total. The van der Waals surface area contributed by atoms with Gasteiger partial charge in [-0.25, -0.2) is 4.79 Å². The zero-order valence-corrected chi connectivity index (χ0v) is 13.6. The highest BCUT2D eigenvalue weighted by Gasteiger charge is 2.24. The summed E-state index contributed by atoms with van der Waals surface area (Å²) < 4.78 is 5.24. The normalized spacial score (nSPS) is 11.6. The van der Waals surface area contributed by atoms with Gasteiger partial charge >= 0.3 is 6.09 Å². The summed E-state index contributed by atoms with van der Waals surface area (Å²) in [6.07, 6.45) is 1.72. The second-order valence-corrected chi connectivity index (χ2v) is 5.37. The summed E-state index contributed by atoms with van der Waals surface area (Å²) in [7, 11) is 1.44. The van der Waals surface area contributed by atoms with Crippen molar-refractivity contribution >= 4 is 28.5 Å². The molecule has 1 atom stereocenters. The maximum absolute atomic E-state index is 12.7. The molecule has 126 valence electrons. The number of hydrogen-bond donors (Lipinski definition) is 2. The van der Waals surface area contributed by atoms with Crippen LogP contribution in [-0.2, 0) is 9.53 Å². The number of benzene rings is 2. The smallest absolute Gasteiger partial charge is 0.408 e. The molecule has 0 spiro atoms. The van der Waals surface area contributed by atoms with Gasteiger partial charge in [-0.2, -0.15) is 0 Å². The Bertz CT molecular complexity index is 897. The van der Waals surface area contributed by atoms with Gasteiger partial charge in [0.2, 0.25) is 6.10 Å². The number of nitrogens with zero attached hydrogens (tertiary/aromatic N) is 1. The maximum Gasteiger partial charge on any atom is 0.408 e. The zero-order chi connectivity index (χ0) is 17.6. The summed E-state index contributed by atoms with van der Waals surface area (Å²) in [4.78, 5) is 28.3. The molecule has 6 nitrogen and oxygen atoms in total. The van der Waals surface area contributed by atoms with Crippen molar-refractivity contribution in [2.75, 3.05) is 12.4 Å². The van der Waals surface area contributed by atoms with Crippen molar-refractivity contribution in [2.24, 2.45) is 0 Å². The highest BCUT2D eigenvalue weighted by Crippen LogP contribution is 2.22. The summed E-state index contributed by atoms with van der Waals surface area (Å²) in [5.74, 6) is -0.428. The molecule has 0 saturated heterocycles. The van der Waals surface area contributed by atoms with Crippen LogP contribution < -0.4 is 10.6 Å². The zero-order valence-electron chi connectivity index (χ0n) is 13.6. The summed E-state index contributed by atoms with van der Waals surface area (Å²) in [6, 6.07) is 16.2. The topological polar surface area (TPSA) is 80.3 Å². The average molecular weight is 335 g/mol. The summed E-state index contributed by atoms with van der Waals surface area (Å²) in [5, 5.41) is 7.09. The van der Waals surface area contributed by atoms with Crippen molar-refractivity contribution < 1.29 is 14.3 Å². The Morgan fingerprint density at radius 1 is 1.04 bits per heavy atom. The molecule has 3 aromatic rings. The lowest BCUT2D eigenvalue weighted by atomic mass is 10.1. The molecular weight excluding hydrogens is 318 g/mol. The first-order valence-electron chi connectivity index (χ1n) is 7.75. The molecule has 3 rings (SSSR count). The van der Waals surface area contributed by atoms with Crippen molar-refractivity contribution in [3.8, 4) is 0 Å². The van der Waals surface area contributed by atoms with Gasteiger partial charge in [0.05, 0.1) is 0 Å². The van der Waals surface area contributed by atoms with Crippen LogP contribution >= 0.6 is 0 Å². The van der Waals surface area contributed by atoms with Crippen LogP contribution in [-0.4, -0.2) is 24.0 Å². The number of fused-ring (bicyclic) bond motifs is 1. The van der Waals surface area contributed by atoms with E-state index in [0.29, 0.717) is 11.3 Å². The highest BCUT2D eigenvalue weighted by molar-refractivity contribution is 5.98. The Hall–Kier alpha value is -3.41. The van der Waals surface area contributed by atoms with E-state index in [0.717, 1.165) is 10.8 Å². The second-order valence-electron chi connectivity index (χ2n) is 5.37. The van der Waals surface area contributed by atoms with Crippen LogP contribution in [0.4, 0.5) is 10.5 Å². The molecule has 2 aromatic carbocycles. The minimum absolute atomic E-state index is 0.428. The predicted octanol–water partition coefficient (Wildman–Crippen LogP) is 3.27. The first-order chi connectivity index (χ1) is 12.2. The lowest BCUT2D eigenvalue weighted by Gasteiger charge is -2.18. The molecule has 0 saturated carbocycles. The molecule has 1 unspecified atom stereocenters. The van der Waals surface area contributed by atoms with Crippen LogP contribution in [0.5, 0.6) is 0 Å². The van der Waals surface area contributed by atoms with Gasteiger partial charge in [0.1, 0.15) is 0 Å². The van der Waals surface area contributed by atoms with Crippen molar-refractivity contribution in [1.29, 1.82) is 0 Å². The van der Waals surface area contributed by atoms with Crippen molar-refractivity contribution in [3.05, 3.63) is 72.6 Å². The lowest BCUT2D eigenvalue weighted by Crippen LogP contribution is -2.29. The molecule has 0 fully saturated rings. The molecule has 6 heteroatoms. The maximum atomic E-state index is 12.7. The Morgan fingerprint density at radius 3 is 2.60 bits per heavy atom. The number of alkyl carbamates (subject to hydrolysis) is 1. The van der Waals surface area contributed by atoms with Gasteiger partial charge in [-0.3, -0.25) is 9.78 Å². The number of anilines is 1. The molecule has 0 aliphatic carbocycles. The highest BCUT2D eigenvalue weighted by atomic mass is 16.6. The van der Waals surface area contributed by atoms with Crippen LogP contribution in [0.2, 0.25) is 0 Å². The molecular formula is C19H17N3O3. The van der Waals surface area contributed by atoms with Gasteiger partial charge in [0, 0.05) is 36.1 Å². The number of ether oxygens (including phenoxy) is 1. The molecule has 0 bridgehead atoms. The Kier molecular flexibility index (Phi) is 4.89.